The summed E-state index contributed by atoms with van der Waals surface area (Å²) in [5.74, 6) is -1.19. The molecule has 37 heavy (non-hydrogen) atoms. The van der Waals surface area contributed by atoms with Crippen LogP contribution in [0.2, 0.25) is 0 Å². The summed E-state index contributed by atoms with van der Waals surface area (Å²) in [6.45, 7) is 10.1. The highest BCUT2D eigenvalue weighted by atomic mass is 16.5. The minimum absolute atomic E-state index is 0.00879. The van der Waals surface area contributed by atoms with E-state index in [4.69, 9.17) is 15.2 Å². The fourth-order valence-corrected chi connectivity index (χ4v) is 4.27. The summed E-state index contributed by atoms with van der Waals surface area (Å²) in [4.78, 5) is 41.1. The highest BCUT2D eigenvalue weighted by molar-refractivity contribution is 6.46. The van der Waals surface area contributed by atoms with E-state index in [1.807, 2.05) is 27.7 Å². The molecule has 9 heteroatoms. The molecule has 0 saturated carbocycles. The number of carbonyl (C=O) groups is 3. The van der Waals surface area contributed by atoms with Gasteiger partial charge < -0.3 is 30.1 Å². The Hall–Kier alpha value is -3.85. The molecule has 0 aromatic heterocycles. The summed E-state index contributed by atoms with van der Waals surface area (Å²) in [5, 5.41) is 11.3. The summed E-state index contributed by atoms with van der Waals surface area (Å²) in [7, 11) is 0. The number of nitrogens with zero attached hydrogens (tertiary/aromatic N) is 2. The van der Waals surface area contributed by atoms with Gasteiger partial charge in [0.05, 0.1) is 17.7 Å². The minimum Gasteiger partial charge on any atom is -0.507 e. The van der Waals surface area contributed by atoms with Crippen molar-refractivity contribution in [3.05, 3.63) is 65.2 Å². The second-order valence-corrected chi connectivity index (χ2v) is 9.03. The normalized spacial score (nSPS) is 17.0. The maximum atomic E-state index is 13.2. The lowest BCUT2D eigenvalue weighted by Gasteiger charge is -2.28. The van der Waals surface area contributed by atoms with Crippen LogP contribution in [0, 0.1) is 0 Å². The van der Waals surface area contributed by atoms with Crippen LogP contribution < -0.4 is 15.2 Å². The van der Waals surface area contributed by atoms with Crippen LogP contribution >= 0.6 is 0 Å². The molecule has 0 aliphatic carbocycles. The number of likely N-dealkylation sites (N-methyl/N-ethyl adjacent to an activating group) is 1. The third kappa shape index (κ3) is 6.68. The molecule has 1 heterocycles. The van der Waals surface area contributed by atoms with E-state index in [9.17, 15) is 19.5 Å². The van der Waals surface area contributed by atoms with Gasteiger partial charge in [0, 0.05) is 18.7 Å². The van der Waals surface area contributed by atoms with Crippen molar-refractivity contribution in [3.63, 3.8) is 0 Å². The Morgan fingerprint density at radius 1 is 1.03 bits per heavy atom. The van der Waals surface area contributed by atoms with Crippen molar-refractivity contribution in [2.24, 2.45) is 5.73 Å². The van der Waals surface area contributed by atoms with Crippen LogP contribution in [0.25, 0.3) is 5.76 Å². The summed E-state index contributed by atoms with van der Waals surface area (Å²) < 4.78 is 11.0. The number of benzene rings is 2. The second kappa shape index (κ2) is 12.4. The minimum atomic E-state index is -0.785. The molecular weight excluding hydrogens is 474 g/mol. The number of primary amides is 1. The molecule has 0 spiro atoms. The molecule has 1 saturated heterocycles. The van der Waals surface area contributed by atoms with E-state index in [0.29, 0.717) is 35.7 Å². The molecule has 1 fully saturated rings. The number of amides is 2. The smallest absolute Gasteiger partial charge is 0.295 e. The van der Waals surface area contributed by atoms with Crippen molar-refractivity contribution in [2.75, 3.05) is 32.8 Å². The lowest BCUT2D eigenvalue weighted by molar-refractivity contribution is -0.140. The van der Waals surface area contributed by atoms with Gasteiger partial charge in [-0.2, -0.15) is 0 Å². The van der Waals surface area contributed by atoms with Crippen LogP contribution in [0.4, 0.5) is 0 Å². The zero-order valence-corrected chi connectivity index (χ0v) is 21.8. The van der Waals surface area contributed by atoms with E-state index < -0.39 is 23.6 Å². The summed E-state index contributed by atoms with van der Waals surface area (Å²) >= 11 is 0. The van der Waals surface area contributed by atoms with Gasteiger partial charge in [0.25, 0.3) is 17.6 Å². The van der Waals surface area contributed by atoms with Gasteiger partial charge in [0.15, 0.2) is 6.61 Å². The number of nitrogens with two attached hydrogens (primary N) is 1. The Balaban J connectivity index is 2.02. The van der Waals surface area contributed by atoms with Crippen molar-refractivity contribution in [1.82, 2.24) is 9.80 Å². The van der Waals surface area contributed by atoms with Crippen molar-refractivity contribution >= 4 is 23.4 Å². The number of rotatable bonds is 12. The van der Waals surface area contributed by atoms with Crippen molar-refractivity contribution in [2.45, 2.75) is 39.8 Å². The van der Waals surface area contributed by atoms with Crippen molar-refractivity contribution in [1.29, 1.82) is 0 Å². The first-order valence-electron chi connectivity index (χ1n) is 12.4. The predicted molar refractivity (Wildman–Crippen MR) is 140 cm³/mol. The maximum Gasteiger partial charge on any atom is 0.295 e. The first-order chi connectivity index (χ1) is 17.7. The zero-order chi connectivity index (χ0) is 27.1. The summed E-state index contributed by atoms with van der Waals surface area (Å²) in [6.07, 6.45) is -0.00879. The zero-order valence-electron chi connectivity index (χ0n) is 21.8. The number of ketones is 1. The molecule has 198 valence electrons. The largest absolute Gasteiger partial charge is 0.507 e. The average Bonchev–Trinajstić information content (AvgIpc) is 3.13. The predicted octanol–water partition coefficient (Wildman–Crippen LogP) is 3.10. The SMILES string of the molecule is CCN(CC)CCN1C(=O)C(=O)/C(=C(/O)c2ccc(OC(C)C)cc2)C1c1ccc(OCC(N)=O)cc1. The number of aliphatic hydroxyl groups is 1. The third-order valence-electron chi connectivity index (χ3n) is 6.17. The number of carbonyl (C=O) groups excluding carboxylic acids is 3. The van der Waals surface area contributed by atoms with Gasteiger partial charge >= 0.3 is 0 Å². The third-order valence-corrected chi connectivity index (χ3v) is 6.17. The Labute approximate surface area is 217 Å². The fraction of sp³-hybridized carbons (Fsp3) is 0.393. The van der Waals surface area contributed by atoms with E-state index in [2.05, 4.69) is 4.90 Å². The lowest BCUT2D eigenvalue weighted by atomic mass is 9.95. The standard InChI is InChI=1S/C28H35N3O6/c1-5-30(6-2)15-16-31-25(19-7-11-21(12-8-19)36-17-23(29)32)24(27(34)28(31)35)26(33)20-9-13-22(14-10-20)37-18(3)4/h7-14,18,25,33H,5-6,15-17H2,1-4H3,(H2,29,32)/b26-24+. The van der Waals surface area contributed by atoms with Crippen LogP contribution in [0.3, 0.4) is 0 Å². The topological polar surface area (TPSA) is 122 Å². The van der Waals surface area contributed by atoms with Gasteiger partial charge in [-0.05, 0) is 68.9 Å². The molecule has 0 bridgehead atoms. The molecule has 1 aliphatic heterocycles. The van der Waals surface area contributed by atoms with Crippen molar-refractivity contribution in [3.8, 4) is 11.5 Å². The number of hydrogen-bond acceptors (Lipinski definition) is 7. The Morgan fingerprint density at radius 2 is 1.62 bits per heavy atom. The van der Waals surface area contributed by atoms with Crippen LogP contribution in [0.15, 0.2) is 54.1 Å². The first kappa shape index (κ1) is 27.7. The van der Waals surface area contributed by atoms with E-state index in [-0.39, 0.29) is 24.0 Å². The number of aliphatic hydroxyl groups excluding tert-OH is 1. The molecule has 9 nitrogen and oxygen atoms in total. The lowest BCUT2D eigenvalue weighted by Crippen LogP contribution is -2.38. The van der Waals surface area contributed by atoms with Crippen molar-refractivity contribution < 1.29 is 29.0 Å². The number of hydrogen-bond donors (Lipinski definition) is 2. The molecule has 2 aromatic rings. The van der Waals surface area contributed by atoms with Crippen LogP contribution in [-0.4, -0.2) is 71.4 Å². The van der Waals surface area contributed by atoms with E-state index in [1.165, 1.54) is 4.90 Å². The monoisotopic (exact) mass is 509 g/mol. The Kier molecular flexibility index (Phi) is 9.30. The van der Waals surface area contributed by atoms with Gasteiger partial charge in [0.2, 0.25) is 0 Å². The molecule has 1 atom stereocenters. The van der Waals surface area contributed by atoms with Gasteiger partial charge in [0.1, 0.15) is 17.3 Å². The van der Waals surface area contributed by atoms with Gasteiger partial charge in [-0.25, -0.2) is 0 Å². The fourth-order valence-electron chi connectivity index (χ4n) is 4.27. The highest BCUT2D eigenvalue weighted by Gasteiger charge is 2.46. The molecule has 3 rings (SSSR count). The van der Waals surface area contributed by atoms with Gasteiger partial charge in [-0.1, -0.05) is 26.0 Å². The quantitative estimate of drug-likeness (QED) is 0.256. The maximum absolute atomic E-state index is 13.2. The van der Waals surface area contributed by atoms with Gasteiger partial charge in [-0.3, -0.25) is 14.4 Å². The molecule has 3 N–H and O–H groups in total. The molecule has 2 aromatic carbocycles. The molecule has 1 unspecified atom stereocenters. The van der Waals surface area contributed by atoms with Crippen LogP contribution in [0.1, 0.15) is 44.9 Å². The second-order valence-electron chi connectivity index (χ2n) is 9.03. The highest BCUT2D eigenvalue weighted by Crippen LogP contribution is 2.40. The molecule has 2 amide bonds. The Morgan fingerprint density at radius 3 is 2.16 bits per heavy atom. The van der Waals surface area contributed by atoms with Gasteiger partial charge in [-0.15, -0.1) is 0 Å². The molecular formula is C28H35N3O6. The Bertz CT molecular complexity index is 1140. The summed E-state index contributed by atoms with van der Waals surface area (Å²) in [6, 6.07) is 12.7. The van der Waals surface area contributed by atoms with E-state index in [0.717, 1.165) is 13.1 Å². The number of likely N-dealkylation sites (tertiary alicyclic amines) is 1. The molecule has 1 aliphatic rings. The first-order valence-corrected chi connectivity index (χ1v) is 12.4. The van der Waals surface area contributed by atoms with Crippen LogP contribution in [0.5, 0.6) is 11.5 Å². The van der Waals surface area contributed by atoms with Crippen LogP contribution in [-0.2, 0) is 14.4 Å². The van der Waals surface area contributed by atoms with E-state index in [1.54, 1.807) is 48.5 Å². The van der Waals surface area contributed by atoms with E-state index >= 15 is 0 Å². The summed E-state index contributed by atoms with van der Waals surface area (Å²) in [5.41, 5.74) is 6.21. The average molecular weight is 510 g/mol. The number of ether oxygens (including phenoxy) is 2. The molecule has 0 radical (unpaired) electrons. The number of Topliss-reactive ketones (excluding diaryl/α,β-unsaturated/α-hetero) is 1.